The number of unbranched alkanes of at least 4 members (excludes halogenated alkanes) is 1. The molecule has 2 aromatic carbocycles. The van der Waals surface area contributed by atoms with Crippen molar-refractivity contribution in [1.29, 1.82) is 0 Å². The van der Waals surface area contributed by atoms with E-state index in [1.54, 1.807) is 12.1 Å². The summed E-state index contributed by atoms with van der Waals surface area (Å²) in [4.78, 5) is 12.6. The Balaban J connectivity index is 2.32. The van der Waals surface area contributed by atoms with Gasteiger partial charge in [-0.05, 0) is 24.5 Å². The Morgan fingerprint density at radius 2 is 1.91 bits per heavy atom. The van der Waals surface area contributed by atoms with Gasteiger partial charge in [-0.1, -0.05) is 49.2 Å². The van der Waals surface area contributed by atoms with E-state index in [0.717, 1.165) is 19.3 Å². The van der Waals surface area contributed by atoms with Crippen molar-refractivity contribution >= 4 is 17.4 Å². The molecule has 2 rings (SSSR count). The molecule has 0 aromatic heterocycles. The number of hydrogen-bond acceptors (Lipinski definition) is 3. The zero-order chi connectivity index (χ0) is 16.1. The second-order valence-electron chi connectivity index (χ2n) is 5.13. The van der Waals surface area contributed by atoms with Crippen molar-refractivity contribution in [3.63, 3.8) is 0 Å². The van der Waals surface area contributed by atoms with Gasteiger partial charge < -0.3 is 9.84 Å². The summed E-state index contributed by atoms with van der Waals surface area (Å²) < 4.78 is 5.16. The number of ether oxygens (including phenoxy) is 1. The highest BCUT2D eigenvalue weighted by molar-refractivity contribution is 6.35. The molecular weight excluding hydrogens is 300 g/mol. The molecule has 0 radical (unpaired) electrons. The van der Waals surface area contributed by atoms with E-state index in [1.165, 1.54) is 24.8 Å². The maximum absolute atomic E-state index is 12.6. The molecule has 0 unspecified atom stereocenters. The Morgan fingerprint density at radius 1 is 1.23 bits per heavy atom. The second kappa shape index (κ2) is 7.32. The Morgan fingerprint density at radius 3 is 2.50 bits per heavy atom. The predicted molar refractivity (Wildman–Crippen MR) is 88.2 cm³/mol. The summed E-state index contributed by atoms with van der Waals surface area (Å²) in [5, 5.41) is 9.72. The summed E-state index contributed by atoms with van der Waals surface area (Å²) in [5.74, 6) is 0.0160. The van der Waals surface area contributed by atoms with Crippen LogP contribution in [-0.4, -0.2) is 18.0 Å². The highest BCUT2D eigenvalue weighted by Gasteiger charge is 2.19. The van der Waals surface area contributed by atoms with Crippen LogP contribution in [0.15, 0.2) is 36.4 Å². The Kier molecular flexibility index (Phi) is 5.45. The molecular formula is C18H19ClO3. The number of methoxy groups -OCH3 is 1. The normalized spacial score (nSPS) is 10.5. The molecule has 4 heteroatoms. The lowest BCUT2D eigenvalue weighted by molar-refractivity contribution is 0.103. The van der Waals surface area contributed by atoms with Gasteiger partial charge >= 0.3 is 0 Å². The van der Waals surface area contributed by atoms with Gasteiger partial charge in [0, 0.05) is 11.6 Å². The molecule has 0 atom stereocenters. The fraction of sp³-hybridized carbons (Fsp3) is 0.278. The number of carbonyl (C=O) groups is 1. The highest BCUT2D eigenvalue weighted by atomic mass is 35.5. The van der Waals surface area contributed by atoms with Gasteiger partial charge in [0.05, 0.1) is 17.7 Å². The van der Waals surface area contributed by atoms with E-state index in [4.69, 9.17) is 16.3 Å². The summed E-state index contributed by atoms with van der Waals surface area (Å²) >= 11 is 6.10. The number of aryl methyl sites for hydroxylation is 1. The van der Waals surface area contributed by atoms with E-state index in [2.05, 4.69) is 6.92 Å². The summed E-state index contributed by atoms with van der Waals surface area (Å²) in [6, 6.07) is 10.3. The fourth-order valence-corrected chi connectivity index (χ4v) is 2.59. The summed E-state index contributed by atoms with van der Waals surface area (Å²) in [7, 11) is 1.44. The van der Waals surface area contributed by atoms with E-state index >= 15 is 0 Å². The zero-order valence-corrected chi connectivity index (χ0v) is 13.5. The molecule has 0 aliphatic heterocycles. The minimum atomic E-state index is -0.219. The number of aromatic hydroxyl groups is 1. The first-order valence-electron chi connectivity index (χ1n) is 7.27. The van der Waals surface area contributed by atoms with Crippen molar-refractivity contribution < 1.29 is 14.6 Å². The first kappa shape index (κ1) is 16.4. The van der Waals surface area contributed by atoms with Crippen LogP contribution >= 0.6 is 11.6 Å². The number of phenols is 1. The fourth-order valence-electron chi connectivity index (χ4n) is 2.30. The molecule has 116 valence electrons. The summed E-state index contributed by atoms with van der Waals surface area (Å²) in [6.07, 6.45) is 3.28. The number of benzene rings is 2. The molecule has 0 saturated heterocycles. The Bertz CT molecular complexity index is 663. The van der Waals surface area contributed by atoms with Gasteiger partial charge in [0.15, 0.2) is 5.78 Å². The van der Waals surface area contributed by atoms with Crippen molar-refractivity contribution in [3.05, 3.63) is 58.1 Å². The van der Waals surface area contributed by atoms with Crippen LogP contribution in [0.5, 0.6) is 11.5 Å². The van der Waals surface area contributed by atoms with Gasteiger partial charge in [0.2, 0.25) is 0 Å². The first-order valence-corrected chi connectivity index (χ1v) is 7.64. The zero-order valence-electron chi connectivity index (χ0n) is 12.7. The largest absolute Gasteiger partial charge is 0.508 e. The van der Waals surface area contributed by atoms with E-state index in [1.807, 2.05) is 12.1 Å². The second-order valence-corrected chi connectivity index (χ2v) is 5.54. The van der Waals surface area contributed by atoms with Crippen molar-refractivity contribution in [3.8, 4) is 11.5 Å². The van der Waals surface area contributed by atoms with Crippen LogP contribution in [0.4, 0.5) is 0 Å². The Hall–Kier alpha value is -2.00. The molecule has 3 nitrogen and oxygen atoms in total. The molecule has 0 fully saturated rings. The average Bonchev–Trinajstić information content (AvgIpc) is 2.52. The molecule has 0 heterocycles. The summed E-state index contributed by atoms with van der Waals surface area (Å²) in [6.45, 7) is 2.15. The molecule has 22 heavy (non-hydrogen) atoms. The monoisotopic (exact) mass is 318 g/mol. The van der Waals surface area contributed by atoms with Gasteiger partial charge in [-0.2, -0.15) is 0 Å². The highest BCUT2D eigenvalue weighted by Crippen LogP contribution is 2.33. The van der Waals surface area contributed by atoms with Crippen LogP contribution in [0.1, 0.15) is 41.3 Å². The van der Waals surface area contributed by atoms with Crippen molar-refractivity contribution in [2.24, 2.45) is 0 Å². The van der Waals surface area contributed by atoms with Crippen LogP contribution in [0, 0.1) is 0 Å². The number of carbonyl (C=O) groups excluding carboxylic acids is 1. The number of rotatable bonds is 6. The topological polar surface area (TPSA) is 46.5 Å². The van der Waals surface area contributed by atoms with E-state index in [-0.39, 0.29) is 27.9 Å². The number of ketones is 1. The lowest BCUT2D eigenvalue weighted by Crippen LogP contribution is -2.05. The first-order chi connectivity index (χ1) is 10.6. The average molecular weight is 319 g/mol. The molecule has 1 N–H and O–H groups in total. The molecule has 2 aromatic rings. The van der Waals surface area contributed by atoms with Gasteiger partial charge in [-0.15, -0.1) is 0 Å². The molecule has 0 saturated carbocycles. The van der Waals surface area contributed by atoms with Crippen molar-refractivity contribution in [2.75, 3.05) is 7.11 Å². The molecule has 0 spiro atoms. The molecule has 0 amide bonds. The van der Waals surface area contributed by atoms with E-state index < -0.39 is 0 Å². The third-order valence-electron chi connectivity index (χ3n) is 3.52. The quantitative estimate of drug-likeness (QED) is 0.790. The molecule has 0 bridgehead atoms. The lowest BCUT2D eigenvalue weighted by Gasteiger charge is -2.11. The maximum atomic E-state index is 12.6. The molecule has 0 aliphatic rings. The Labute approximate surface area is 135 Å². The maximum Gasteiger partial charge on any atom is 0.198 e. The van der Waals surface area contributed by atoms with Crippen LogP contribution in [-0.2, 0) is 6.42 Å². The number of hydrogen-bond donors (Lipinski definition) is 1. The van der Waals surface area contributed by atoms with Crippen LogP contribution in [0.25, 0.3) is 0 Å². The minimum absolute atomic E-state index is 0.0340. The van der Waals surface area contributed by atoms with Gasteiger partial charge in [-0.3, -0.25) is 4.79 Å². The lowest BCUT2D eigenvalue weighted by atomic mass is 9.99. The standard InChI is InChI=1S/C18H19ClO3/c1-3-4-5-12-6-8-13(9-7-12)18(21)17-15(19)10-14(20)11-16(17)22-2/h6-11,20H,3-5H2,1-2H3. The van der Waals surface area contributed by atoms with Crippen LogP contribution in [0.2, 0.25) is 5.02 Å². The van der Waals surface area contributed by atoms with Crippen molar-refractivity contribution in [2.45, 2.75) is 26.2 Å². The molecule has 0 aliphatic carbocycles. The van der Waals surface area contributed by atoms with E-state index in [9.17, 15) is 9.90 Å². The smallest absolute Gasteiger partial charge is 0.198 e. The number of phenolic OH excluding ortho intramolecular Hbond substituents is 1. The number of halogens is 1. The van der Waals surface area contributed by atoms with Crippen LogP contribution in [0.3, 0.4) is 0 Å². The summed E-state index contributed by atoms with van der Waals surface area (Å²) in [5.41, 5.74) is 2.02. The predicted octanol–water partition coefficient (Wildman–Crippen LogP) is 4.63. The van der Waals surface area contributed by atoms with Gasteiger partial charge in [0.1, 0.15) is 11.5 Å². The SMILES string of the molecule is CCCCc1ccc(C(=O)c2c(Cl)cc(O)cc2OC)cc1. The minimum Gasteiger partial charge on any atom is -0.508 e. The van der Waals surface area contributed by atoms with Crippen LogP contribution < -0.4 is 4.74 Å². The third-order valence-corrected chi connectivity index (χ3v) is 3.82. The van der Waals surface area contributed by atoms with E-state index in [0.29, 0.717) is 5.56 Å². The van der Waals surface area contributed by atoms with Gasteiger partial charge in [0.25, 0.3) is 0 Å². The van der Waals surface area contributed by atoms with Gasteiger partial charge in [-0.25, -0.2) is 0 Å². The third kappa shape index (κ3) is 3.60. The van der Waals surface area contributed by atoms with Crippen molar-refractivity contribution in [1.82, 2.24) is 0 Å².